The first-order valence-electron chi connectivity index (χ1n) is 7.59. The van der Waals surface area contributed by atoms with E-state index >= 15 is 0 Å². The van der Waals surface area contributed by atoms with Crippen LogP contribution in [0.5, 0.6) is 0 Å². The molecule has 0 radical (unpaired) electrons. The average Bonchev–Trinajstić information content (AvgIpc) is 2.50. The summed E-state index contributed by atoms with van der Waals surface area (Å²) in [6.07, 6.45) is 2.64. The molecule has 0 amide bonds. The number of carbonyl (C=O) groups excluding carboxylic acids is 1. The van der Waals surface area contributed by atoms with Crippen LogP contribution in [-0.2, 0) is 27.2 Å². The van der Waals surface area contributed by atoms with Crippen LogP contribution in [0.4, 0.5) is 0 Å². The third-order valence-electron chi connectivity index (χ3n) is 4.03. The van der Waals surface area contributed by atoms with Gasteiger partial charge >= 0.3 is 5.97 Å². The molecule has 4 heteroatoms. The zero-order valence-corrected chi connectivity index (χ0v) is 13.0. The summed E-state index contributed by atoms with van der Waals surface area (Å²) in [4.78, 5) is 13.8. The Bertz CT molecular complexity index is 455. The Hall–Kier alpha value is -1.39. The Morgan fingerprint density at radius 3 is 2.62 bits per heavy atom. The van der Waals surface area contributed by atoms with Gasteiger partial charge in [0.2, 0.25) is 0 Å². The van der Waals surface area contributed by atoms with Gasteiger partial charge in [-0.05, 0) is 36.9 Å². The van der Waals surface area contributed by atoms with Crippen LogP contribution >= 0.6 is 0 Å². The minimum absolute atomic E-state index is 0.186. The van der Waals surface area contributed by atoms with E-state index in [4.69, 9.17) is 9.47 Å². The molecule has 0 bridgehead atoms. The number of methoxy groups -OCH3 is 1. The molecule has 1 fully saturated rings. The third kappa shape index (κ3) is 5.14. The molecular weight excluding hydrogens is 266 g/mol. The highest BCUT2D eigenvalue weighted by Crippen LogP contribution is 2.18. The van der Waals surface area contributed by atoms with Gasteiger partial charge in [0.1, 0.15) is 0 Å². The molecule has 0 atom stereocenters. The van der Waals surface area contributed by atoms with Gasteiger partial charge in [0.05, 0.1) is 13.5 Å². The Labute approximate surface area is 127 Å². The van der Waals surface area contributed by atoms with E-state index in [2.05, 4.69) is 18.0 Å². The molecule has 0 spiro atoms. The van der Waals surface area contributed by atoms with Crippen molar-refractivity contribution in [2.24, 2.45) is 5.92 Å². The predicted molar refractivity (Wildman–Crippen MR) is 82.0 cm³/mol. The molecule has 0 saturated carbocycles. The number of hydrogen-bond acceptors (Lipinski definition) is 4. The SMILES string of the molecule is COC(=O)Cc1ccccc1CN(C)CC1CCOCC1. The lowest BCUT2D eigenvalue weighted by Crippen LogP contribution is -2.29. The first-order chi connectivity index (χ1) is 10.2. The van der Waals surface area contributed by atoms with Crippen molar-refractivity contribution in [1.29, 1.82) is 0 Å². The average molecular weight is 291 g/mol. The van der Waals surface area contributed by atoms with Crippen molar-refractivity contribution in [2.75, 3.05) is 33.9 Å². The topological polar surface area (TPSA) is 38.8 Å². The fourth-order valence-corrected chi connectivity index (χ4v) is 2.84. The predicted octanol–water partition coefficient (Wildman–Crippen LogP) is 2.26. The largest absolute Gasteiger partial charge is 0.469 e. The Kier molecular flexibility index (Phi) is 6.21. The lowest BCUT2D eigenvalue weighted by atomic mass is 9.99. The van der Waals surface area contributed by atoms with Crippen LogP contribution in [0.15, 0.2) is 24.3 Å². The second-order valence-corrected chi connectivity index (χ2v) is 5.77. The van der Waals surface area contributed by atoms with Crippen LogP contribution in [-0.4, -0.2) is 44.8 Å². The molecule has 2 rings (SSSR count). The summed E-state index contributed by atoms with van der Waals surface area (Å²) in [7, 11) is 3.58. The summed E-state index contributed by atoms with van der Waals surface area (Å²) in [5, 5.41) is 0. The van der Waals surface area contributed by atoms with E-state index in [1.54, 1.807) is 0 Å². The molecule has 0 aliphatic carbocycles. The van der Waals surface area contributed by atoms with Gasteiger partial charge in [-0.25, -0.2) is 0 Å². The molecule has 1 aromatic carbocycles. The minimum atomic E-state index is -0.186. The summed E-state index contributed by atoms with van der Waals surface area (Å²) in [5.74, 6) is 0.533. The van der Waals surface area contributed by atoms with E-state index in [1.165, 1.54) is 12.7 Å². The van der Waals surface area contributed by atoms with Crippen molar-refractivity contribution in [3.63, 3.8) is 0 Å². The standard InChI is InChI=1S/C17H25NO3/c1-18(12-14-7-9-21-10-8-14)13-16-6-4-3-5-15(16)11-17(19)20-2/h3-6,14H,7-13H2,1-2H3. The van der Waals surface area contributed by atoms with Crippen molar-refractivity contribution in [3.05, 3.63) is 35.4 Å². The molecule has 1 saturated heterocycles. The molecule has 1 aliphatic heterocycles. The maximum absolute atomic E-state index is 11.5. The van der Waals surface area contributed by atoms with Crippen molar-refractivity contribution >= 4 is 5.97 Å². The Morgan fingerprint density at radius 1 is 1.29 bits per heavy atom. The van der Waals surface area contributed by atoms with E-state index in [1.807, 2.05) is 18.2 Å². The summed E-state index contributed by atoms with van der Waals surface area (Å²) >= 11 is 0. The molecule has 21 heavy (non-hydrogen) atoms. The number of rotatable bonds is 6. The summed E-state index contributed by atoms with van der Waals surface area (Å²) in [5.41, 5.74) is 2.26. The van der Waals surface area contributed by atoms with E-state index in [0.29, 0.717) is 6.42 Å². The summed E-state index contributed by atoms with van der Waals surface area (Å²) in [6.45, 7) is 3.72. The molecule has 0 N–H and O–H groups in total. The van der Waals surface area contributed by atoms with Crippen molar-refractivity contribution in [1.82, 2.24) is 4.90 Å². The van der Waals surface area contributed by atoms with Crippen molar-refractivity contribution in [2.45, 2.75) is 25.8 Å². The number of nitrogens with zero attached hydrogens (tertiary/aromatic N) is 1. The van der Waals surface area contributed by atoms with Crippen LogP contribution in [0.1, 0.15) is 24.0 Å². The number of hydrogen-bond donors (Lipinski definition) is 0. The van der Waals surface area contributed by atoms with Gasteiger partial charge in [-0.1, -0.05) is 24.3 Å². The van der Waals surface area contributed by atoms with Gasteiger partial charge in [-0.3, -0.25) is 4.79 Å². The van der Waals surface area contributed by atoms with Gasteiger partial charge in [0.15, 0.2) is 0 Å². The zero-order chi connectivity index (χ0) is 15.1. The van der Waals surface area contributed by atoms with Gasteiger partial charge in [0.25, 0.3) is 0 Å². The van der Waals surface area contributed by atoms with E-state index in [-0.39, 0.29) is 5.97 Å². The molecule has 0 aromatic heterocycles. The quantitative estimate of drug-likeness (QED) is 0.754. The van der Waals surface area contributed by atoms with Crippen LogP contribution in [0.2, 0.25) is 0 Å². The minimum Gasteiger partial charge on any atom is -0.469 e. The fraction of sp³-hybridized carbons (Fsp3) is 0.588. The Morgan fingerprint density at radius 2 is 1.95 bits per heavy atom. The first kappa shape index (κ1) is 16.0. The second kappa shape index (κ2) is 8.15. The highest BCUT2D eigenvalue weighted by molar-refractivity contribution is 5.72. The smallest absolute Gasteiger partial charge is 0.309 e. The molecule has 4 nitrogen and oxygen atoms in total. The third-order valence-corrected chi connectivity index (χ3v) is 4.03. The molecule has 1 aromatic rings. The van der Waals surface area contributed by atoms with Gasteiger partial charge in [0, 0.05) is 26.3 Å². The first-order valence-corrected chi connectivity index (χ1v) is 7.59. The van der Waals surface area contributed by atoms with E-state index in [0.717, 1.165) is 50.6 Å². The molecule has 1 heterocycles. The number of esters is 1. The molecular formula is C17H25NO3. The van der Waals surface area contributed by atoms with Crippen molar-refractivity contribution < 1.29 is 14.3 Å². The van der Waals surface area contributed by atoms with Crippen molar-refractivity contribution in [3.8, 4) is 0 Å². The maximum atomic E-state index is 11.5. The summed E-state index contributed by atoms with van der Waals surface area (Å²) in [6, 6.07) is 8.10. The summed E-state index contributed by atoms with van der Waals surface area (Å²) < 4.78 is 10.2. The number of carbonyl (C=O) groups is 1. The molecule has 1 aliphatic rings. The number of benzene rings is 1. The van der Waals surface area contributed by atoms with E-state index in [9.17, 15) is 4.79 Å². The van der Waals surface area contributed by atoms with Gasteiger partial charge in [-0.15, -0.1) is 0 Å². The van der Waals surface area contributed by atoms with E-state index < -0.39 is 0 Å². The highest BCUT2D eigenvalue weighted by Gasteiger charge is 2.16. The molecule has 0 unspecified atom stereocenters. The Balaban J connectivity index is 1.93. The van der Waals surface area contributed by atoms with Crippen LogP contribution < -0.4 is 0 Å². The maximum Gasteiger partial charge on any atom is 0.309 e. The van der Waals surface area contributed by atoms with Crippen LogP contribution in [0, 0.1) is 5.92 Å². The zero-order valence-electron chi connectivity index (χ0n) is 13.0. The normalized spacial score (nSPS) is 16.1. The second-order valence-electron chi connectivity index (χ2n) is 5.77. The molecule has 116 valence electrons. The van der Waals surface area contributed by atoms with Gasteiger partial charge < -0.3 is 14.4 Å². The lowest BCUT2D eigenvalue weighted by molar-refractivity contribution is -0.139. The van der Waals surface area contributed by atoms with Crippen LogP contribution in [0.25, 0.3) is 0 Å². The van der Waals surface area contributed by atoms with Crippen LogP contribution in [0.3, 0.4) is 0 Å². The lowest BCUT2D eigenvalue weighted by Gasteiger charge is -2.27. The monoisotopic (exact) mass is 291 g/mol. The fourth-order valence-electron chi connectivity index (χ4n) is 2.84. The van der Waals surface area contributed by atoms with Gasteiger partial charge in [-0.2, -0.15) is 0 Å². The highest BCUT2D eigenvalue weighted by atomic mass is 16.5. The number of ether oxygens (including phenoxy) is 2.